The SMILES string of the molecule is CCOc1cc(C=C2SC(N3CCN(c4ccccc4F)CC3)=NC2=O)ccc1OCc1ccc(Cl)cc1. The Morgan fingerprint density at radius 2 is 1.71 bits per heavy atom. The molecular formula is C29H27ClFN3O3S. The molecule has 0 bridgehead atoms. The van der Waals surface area contributed by atoms with Gasteiger partial charge in [-0.15, -0.1) is 0 Å². The molecule has 0 unspecified atom stereocenters. The summed E-state index contributed by atoms with van der Waals surface area (Å²) >= 11 is 7.33. The molecule has 0 atom stereocenters. The van der Waals surface area contributed by atoms with Crippen LogP contribution in [0, 0.1) is 5.82 Å². The Hall–Kier alpha value is -3.49. The molecule has 6 nitrogen and oxygen atoms in total. The van der Waals surface area contributed by atoms with Crippen molar-refractivity contribution in [2.24, 2.45) is 4.99 Å². The molecule has 9 heteroatoms. The number of nitrogens with zero attached hydrogens (tertiary/aromatic N) is 3. The first kappa shape index (κ1) is 26.1. The van der Waals surface area contributed by atoms with Gasteiger partial charge in [-0.05, 0) is 72.3 Å². The average Bonchev–Trinajstić information content (AvgIpc) is 3.29. The Morgan fingerprint density at radius 1 is 0.974 bits per heavy atom. The van der Waals surface area contributed by atoms with Crippen LogP contribution in [0.25, 0.3) is 6.08 Å². The molecule has 2 heterocycles. The van der Waals surface area contributed by atoms with E-state index in [-0.39, 0.29) is 11.7 Å². The fourth-order valence-electron chi connectivity index (χ4n) is 4.28. The topological polar surface area (TPSA) is 54.4 Å². The van der Waals surface area contributed by atoms with E-state index in [0.29, 0.717) is 71.7 Å². The summed E-state index contributed by atoms with van der Waals surface area (Å²) < 4.78 is 26.0. The number of carbonyl (C=O) groups is 1. The number of rotatable bonds is 7. The number of benzene rings is 3. The Labute approximate surface area is 230 Å². The standard InChI is InChI=1S/C29H27ClFN3O3S/c1-2-36-26-17-21(9-12-25(26)37-19-20-7-10-22(30)11-8-20)18-27-28(35)32-29(38-27)34-15-13-33(14-16-34)24-6-4-3-5-23(24)31/h3-12,17-18H,2,13-16,19H2,1H3. The van der Waals surface area contributed by atoms with Gasteiger partial charge in [-0.2, -0.15) is 4.99 Å². The highest BCUT2D eigenvalue weighted by atomic mass is 35.5. The quantitative estimate of drug-likeness (QED) is 0.324. The fraction of sp³-hybridized carbons (Fsp3) is 0.241. The number of thioether (sulfide) groups is 1. The van der Waals surface area contributed by atoms with Crippen molar-refractivity contribution < 1.29 is 18.7 Å². The van der Waals surface area contributed by atoms with Crippen LogP contribution in [-0.2, 0) is 11.4 Å². The molecule has 5 rings (SSSR count). The molecule has 38 heavy (non-hydrogen) atoms. The summed E-state index contributed by atoms with van der Waals surface area (Å²) in [5, 5.41) is 1.36. The summed E-state index contributed by atoms with van der Waals surface area (Å²) in [6.45, 7) is 5.41. The van der Waals surface area contributed by atoms with E-state index in [1.807, 2.05) is 66.4 Å². The molecule has 0 aromatic heterocycles. The Balaban J connectivity index is 1.23. The van der Waals surface area contributed by atoms with E-state index in [4.69, 9.17) is 21.1 Å². The number of hydrogen-bond acceptors (Lipinski definition) is 6. The maximum absolute atomic E-state index is 14.2. The third kappa shape index (κ3) is 6.14. The summed E-state index contributed by atoms with van der Waals surface area (Å²) in [7, 11) is 0. The van der Waals surface area contributed by atoms with Crippen LogP contribution < -0.4 is 14.4 Å². The van der Waals surface area contributed by atoms with Gasteiger partial charge in [0, 0.05) is 31.2 Å². The van der Waals surface area contributed by atoms with Crippen LogP contribution in [0.2, 0.25) is 5.02 Å². The van der Waals surface area contributed by atoms with E-state index in [1.165, 1.54) is 17.8 Å². The van der Waals surface area contributed by atoms with E-state index < -0.39 is 0 Å². The largest absolute Gasteiger partial charge is 0.490 e. The third-order valence-electron chi connectivity index (χ3n) is 6.23. The first-order valence-corrected chi connectivity index (χ1v) is 13.6. The van der Waals surface area contributed by atoms with Crippen LogP contribution >= 0.6 is 23.4 Å². The number of amidine groups is 1. The molecule has 1 amide bonds. The van der Waals surface area contributed by atoms with Crippen molar-refractivity contribution in [3.63, 3.8) is 0 Å². The molecule has 0 N–H and O–H groups in total. The van der Waals surface area contributed by atoms with Crippen LogP contribution in [0.4, 0.5) is 10.1 Å². The Kier molecular flexibility index (Phi) is 8.20. The monoisotopic (exact) mass is 551 g/mol. The van der Waals surface area contributed by atoms with E-state index in [0.717, 1.165) is 11.1 Å². The minimum Gasteiger partial charge on any atom is -0.490 e. The molecular weight excluding hydrogens is 525 g/mol. The summed E-state index contributed by atoms with van der Waals surface area (Å²) in [4.78, 5) is 21.6. The second-order valence-electron chi connectivity index (χ2n) is 8.79. The Bertz CT molecular complexity index is 1370. The van der Waals surface area contributed by atoms with Crippen LogP contribution in [0.5, 0.6) is 11.5 Å². The summed E-state index contributed by atoms with van der Waals surface area (Å²) in [6.07, 6.45) is 1.82. The van der Waals surface area contributed by atoms with Gasteiger partial charge in [-0.3, -0.25) is 4.79 Å². The van der Waals surface area contributed by atoms with Crippen molar-refractivity contribution in [2.45, 2.75) is 13.5 Å². The molecule has 2 aliphatic rings. The zero-order valence-corrected chi connectivity index (χ0v) is 22.5. The number of carbonyl (C=O) groups excluding carboxylic acids is 1. The highest BCUT2D eigenvalue weighted by molar-refractivity contribution is 8.18. The lowest BCUT2D eigenvalue weighted by Crippen LogP contribution is -2.48. The lowest BCUT2D eigenvalue weighted by molar-refractivity contribution is -0.113. The summed E-state index contributed by atoms with van der Waals surface area (Å²) in [5.74, 6) is 0.750. The highest BCUT2D eigenvalue weighted by Crippen LogP contribution is 2.34. The minimum absolute atomic E-state index is 0.221. The summed E-state index contributed by atoms with van der Waals surface area (Å²) in [6, 6.07) is 19.9. The molecule has 0 aliphatic carbocycles. The maximum atomic E-state index is 14.2. The van der Waals surface area contributed by atoms with Gasteiger partial charge in [0.2, 0.25) is 0 Å². The molecule has 1 saturated heterocycles. The Morgan fingerprint density at radius 3 is 2.45 bits per heavy atom. The maximum Gasteiger partial charge on any atom is 0.286 e. The fourth-order valence-corrected chi connectivity index (χ4v) is 5.37. The highest BCUT2D eigenvalue weighted by Gasteiger charge is 2.29. The number of amides is 1. The van der Waals surface area contributed by atoms with Crippen molar-refractivity contribution in [3.05, 3.63) is 93.6 Å². The van der Waals surface area contributed by atoms with Crippen LogP contribution in [0.3, 0.4) is 0 Å². The van der Waals surface area contributed by atoms with Gasteiger partial charge >= 0.3 is 0 Å². The average molecular weight is 552 g/mol. The predicted octanol–water partition coefficient (Wildman–Crippen LogP) is 6.25. The molecule has 0 radical (unpaired) electrons. The van der Waals surface area contributed by atoms with Gasteiger partial charge in [0.05, 0.1) is 17.2 Å². The summed E-state index contributed by atoms with van der Waals surface area (Å²) in [5.41, 5.74) is 2.43. The molecule has 0 saturated carbocycles. The minimum atomic E-state index is -0.262. The van der Waals surface area contributed by atoms with Crippen molar-refractivity contribution in [2.75, 3.05) is 37.7 Å². The van der Waals surface area contributed by atoms with Crippen molar-refractivity contribution in [1.82, 2.24) is 4.90 Å². The molecule has 196 valence electrons. The third-order valence-corrected chi connectivity index (χ3v) is 7.52. The molecule has 3 aromatic carbocycles. The van der Waals surface area contributed by atoms with Gasteiger partial charge in [-0.25, -0.2) is 4.39 Å². The number of anilines is 1. The normalized spacial score (nSPS) is 16.7. The van der Waals surface area contributed by atoms with E-state index in [1.54, 1.807) is 12.1 Å². The second-order valence-corrected chi connectivity index (χ2v) is 10.2. The second kappa shape index (κ2) is 11.9. The number of hydrogen-bond donors (Lipinski definition) is 0. The predicted molar refractivity (Wildman–Crippen MR) is 152 cm³/mol. The van der Waals surface area contributed by atoms with Gasteiger partial charge in [0.15, 0.2) is 16.7 Å². The van der Waals surface area contributed by atoms with Gasteiger partial charge in [0.25, 0.3) is 5.91 Å². The smallest absolute Gasteiger partial charge is 0.286 e. The lowest BCUT2D eigenvalue weighted by atomic mass is 10.2. The first-order chi connectivity index (χ1) is 18.5. The van der Waals surface area contributed by atoms with Crippen LogP contribution in [0.15, 0.2) is 76.6 Å². The van der Waals surface area contributed by atoms with Crippen LogP contribution in [-0.4, -0.2) is 48.8 Å². The molecule has 0 spiro atoms. The lowest BCUT2D eigenvalue weighted by Gasteiger charge is -2.36. The van der Waals surface area contributed by atoms with Gasteiger partial charge < -0.3 is 19.3 Å². The zero-order valence-electron chi connectivity index (χ0n) is 20.9. The van der Waals surface area contributed by atoms with Crippen LogP contribution in [0.1, 0.15) is 18.1 Å². The van der Waals surface area contributed by atoms with E-state index in [9.17, 15) is 9.18 Å². The number of para-hydroxylation sites is 1. The first-order valence-electron chi connectivity index (χ1n) is 12.4. The number of aliphatic imine (C=N–C) groups is 1. The van der Waals surface area contributed by atoms with Crippen molar-refractivity contribution >= 4 is 46.2 Å². The number of ether oxygens (including phenoxy) is 2. The molecule has 3 aromatic rings. The van der Waals surface area contributed by atoms with Crippen molar-refractivity contribution in [3.8, 4) is 11.5 Å². The molecule has 2 aliphatic heterocycles. The van der Waals surface area contributed by atoms with Crippen molar-refractivity contribution in [1.29, 1.82) is 0 Å². The number of halogens is 2. The van der Waals surface area contributed by atoms with Gasteiger partial charge in [-0.1, -0.05) is 41.9 Å². The number of piperazine rings is 1. The van der Waals surface area contributed by atoms with E-state index in [2.05, 4.69) is 9.89 Å². The molecule has 1 fully saturated rings. The zero-order chi connectivity index (χ0) is 26.5. The van der Waals surface area contributed by atoms with Gasteiger partial charge in [0.1, 0.15) is 12.4 Å². The van der Waals surface area contributed by atoms with E-state index >= 15 is 0 Å².